The molecule has 1 amide bonds. The van der Waals surface area contributed by atoms with Crippen molar-refractivity contribution >= 4 is 18.3 Å². The summed E-state index contributed by atoms with van der Waals surface area (Å²) in [4.78, 5) is 14.0. The summed E-state index contributed by atoms with van der Waals surface area (Å²) in [6.45, 7) is 6.69. The highest BCUT2D eigenvalue weighted by Gasteiger charge is 2.27. The second-order valence-electron chi connectivity index (χ2n) is 5.42. The molecule has 1 saturated heterocycles. The van der Waals surface area contributed by atoms with Crippen LogP contribution in [0.5, 0.6) is 0 Å². The first-order chi connectivity index (χ1) is 8.06. The van der Waals surface area contributed by atoms with E-state index in [2.05, 4.69) is 13.8 Å². The van der Waals surface area contributed by atoms with Gasteiger partial charge in [-0.05, 0) is 24.7 Å². The first-order valence-corrected chi connectivity index (χ1v) is 6.57. The second-order valence-corrected chi connectivity index (χ2v) is 5.42. The van der Waals surface area contributed by atoms with Gasteiger partial charge in [0.25, 0.3) is 0 Å². The highest BCUT2D eigenvalue weighted by molar-refractivity contribution is 5.85. The van der Waals surface area contributed by atoms with Crippen LogP contribution in [0.2, 0.25) is 0 Å². The molecule has 108 valence electrons. The van der Waals surface area contributed by atoms with Crippen LogP contribution in [0.1, 0.15) is 33.1 Å². The molecule has 0 bridgehead atoms. The Morgan fingerprint density at radius 2 is 2.17 bits per heavy atom. The molecule has 1 rings (SSSR count). The summed E-state index contributed by atoms with van der Waals surface area (Å²) < 4.78 is 5.15. The Kier molecular flexibility index (Phi) is 8.57. The fourth-order valence-electron chi connectivity index (χ4n) is 2.50. The minimum absolute atomic E-state index is 0. The van der Waals surface area contributed by atoms with Crippen LogP contribution >= 0.6 is 12.4 Å². The van der Waals surface area contributed by atoms with Crippen molar-refractivity contribution in [2.45, 2.75) is 39.2 Å². The number of amides is 1. The lowest BCUT2D eigenvalue weighted by atomic mass is 9.97. The number of methoxy groups -OCH3 is 1. The molecule has 0 spiro atoms. The van der Waals surface area contributed by atoms with Crippen LogP contribution in [0.25, 0.3) is 0 Å². The molecule has 0 aromatic carbocycles. The molecule has 1 heterocycles. The lowest BCUT2D eigenvalue weighted by Crippen LogP contribution is -2.34. The van der Waals surface area contributed by atoms with Gasteiger partial charge in [-0.3, -0.25) is 4.79 Å². The highest BCUT2D eigenvalue weighted by Crippen LogP contribution is 2.23. The average molecular weight is 279 g/mol. The normalized spacial score (nSPS) is 20.9. The van der Waals surface area contributed by atoms with Gasteiger partial charge in [0.05, 0.1) is 12.5 Å². The molecule has 1 aliphatic heterocycles. The first-order valence-electron chi connectivity index (χ1n) is 6.57. The van der Waals surface area contributed by atoms with Gasteiger partial charge in [-0.1, -0.05) is 13.8 Å². The van der Waals surface area contributed by atoms with Crippen LogP contribution in [0.15, 0.2) is 0 Å². The molecular formula is C13H27ClN2O2. The van der Waals surface area contributed by atoms with Gasteiger partial charge in [0.1, 0.15) is 0 Å². The van der Waals surface area contributed by atoms with Crippen LogP contribution in [0, 0.1) is 11.8 Å². The van der Waals surface area contributed by atoms with Gasteiger partial charge in [-0.15, -0.1) is 12.4 Å². The van der Waals surface area contributed by atoms with E-state index in [4.69, 9.17) is 10.5 Å². The number of nitrogens with zero attached hydrogens (tertiary/aromatic N) is 1. The second kappa shape index (κ2) is 8.73. The molecule has 1 fully saturated rings. The van der Waals surface area contributed by atoms with E-state index < -0.39 is 0 Å². The van der Waals surface area contributed by atoms with Gasteiger partial charge in [0.2, 0.25) is 5.91 Å². The molecule has 5 heteroatoms. The molecule has 2 atom stereocenters. The van der Waals surface area contributed by atoms with Crippen molar-refractivity contribution in [2.75, 3.05) is 26.7 Å². The molecule has 0 aliphatic carbocycles. The summed E-state index contributed by atoms with van der Waals surface area (Å²) in [5.74, 6) is 1.58. The van der Waals surface area contributed by atoms with E-state index >= 15 is 0 Å². The van der Waals surface area contributed by atoms with Crippen molar-refractivity contribution in [3.05, 3.63) is 0 Å². The summed E-state index contributed by atoms with van der Waals surface area (Å²) in [6.07, 6.45) is 2.65. The summed E-state index contributed by atoms with van der Waals surface area (Å²) >= 11 is 0. The van der Waals surface area contributed by atoms with Gasteiger partial charge >= 0.3 is 0 Å². The summed E-state index contributed by atoms with van der Waals surface area (Å²) in [7, 11) is 1.61. The Hall–Kier alpha value is -0.320. The Morgan fingerprint density at radius 1 is 1.50 bits per heavy atom. The Labute approximate surface area is 117 Å². The van der Waals surface area contributed by atoms with Crippen LogP contribution in [-0.2, 0) is 9.53 Å². The number of ether oxygens (including phenoxy) is 1. The molecule has 18 heavy (non-hydrogen) atoms. The van der Waals surface area contributed by atoms with Crippen LogP contribution < -0.4 is 5.73 Å². The SMILES string of the molecule is COC(CN)CC(=O)N1CCC(CC(C)C)C1.Cl. The minimum atomic E-state index is -0.133. The fourth-order valence-corrected chi connectivity index (χ4v) is 2.50. The van der Waals surface area contributed by atoms with E-state index in [0.717, 1.165) is 19.5 Å². The molecule has 4 nitrogen and oxygen atoms in total. The Morgan fingerprint density at radius 3 is 2.67 bits per heavy atom. The molecule has 0 aromatic heterocycles. The van der Waals surface area contributed by atoms with Gasteiger partial charge in [0.15, 0.2) is 0 Å². The molecule has 2 N–H and O–H groups in total. The zero-order valence-corrected chi connectivity index (χ0v) is 12.5. The standard InChI is InChI=1S/C13H26N2O2.ClH/c1-10(2)6-11-4-5-15(9-11)13(16)7-12(8-14)17-3;/h10-12H,4-9,14H2,1-3H3;1H. The lowest BCUT2D eigenvalue weighted by Gasteiger charge is -2.20. The number of rotatable bonds is 6. The van der Waals surface area contributed by atoms with Crippen molar-refractivity contribution in [1.82, 2.24) is 4.90 Å². The zero-order chi connectivity index (χ0) is 12.8. The van der Waals surface area contributed by atoms with Crippen molar-refractivity contribution < 1.29 is 9.53 Å². The van der Waals surface area contributed by atoms with E-state index in [0.29, 0.717) is 24.8 Å². The predicted molar refractivity (Wildman–Crippen MR) is 75.9 cm³/mol. The van der Waals surface area contributed by atoms with Crippen LogP contribution in [0.4, 0.5) is 0 Å². The smallest absolute Gasteiger partial charge is 0.225 e. The maximum Gasteiger partial charge on any atom is 0.225 e. The van der Waals surface area contributed by atoms with E-state index in [1.54, 1.807) is 7.11 Å². The number of hydrogen-bond acceptors (Lipinski definition) is 3. The predicted octanol–water partition coefficient (Wildman–Crippen LogP) is 1.67. The number of carbonyl (C=O) groups excluding carboxylic acids is 1. The summed E-state index contributed by atoms with van der Waals surface area (Å²) in [5, 5.41) is 0. The monoisotopic (exact) mass is 278 g/mol. The van der Waals surface area contributed by atoms with Gasteiger partial charge in [0, 0.05) is 26.7 Å². The third kappa shape index (κ3) is 5.55. The molecule has 0 saturated carbocycles. The number of carbonyl (C=O) groups is 1. The highest BCUT2D eigenvalue weighted by atomic mass is 35.5. The molecule has 0 aromatic rings. The van der Waals surface area contributed by atoms with Crippen molar-refractivity contribution in [3.8, 4) is 0 Å². The lowest BCUT2D eigenvalue weighted by molar-refractivity contribution is -0.132. The maximum atomic E-state index is 12.0. The zero-order valence-electron chi connectivity index (χ0n) is 11.7. The average Bonchev–Trinajstić information content (AvgIpc) is 2.73. The molecule has 1 aliphatic rings. The quantitative estimate of drug-likeness (QED) is 0.804. The fraction of sp³-hybridized carbons (Fsp3) is 0.923. The third-order valence-corrected chi connectivity index (χ3v) is 3.44. The Balaban J connectivity index is 0.00000289. The molecule has 2 unspecified atom stereocenters. The largest absolute Gasteiger partial charge is 0.380 e. The van der Waals surface area contributed by atoms with Crippen molar-refractivity contribution in [2.24, 2.45) is 17.6 Å². The topological polar surface area (TPSA) is 55.6 Å². The first kappa shape index (κ1) is 17.7. The maximum absolute atomic E-state index is 12.0. The number of likely N-dealkylation sites (tertiary alicyclic amines) is 1. The Bertz CT molecular complexity index is 245. The van der Waals surface area contributed by atoms with E-state index in [1.165, 1.54) is 6.42 Å². The van der Waals surface area contributed by atoms with E-state index in [9.17, 15) is 4.79 Å². The summed E-state index contributed by atoms with van der Waals surface area (Å²) in [5.41, 5.74) is 5.53. The van der Waals surface area contributed by atoms with Gasteiger partial charge in [-0.2, -0.15) is 0 Å². The summed E-state index contributed by atoms with van der Waals surface area (Å²) in [6, 6.07) is 0. The number of nitrogens with two attached hydrogens (primary N) is 1. The van der Waals surface area contributed by atoms with Gasteiger partial charge in [-0.25, -0.2) is 0 Å². The third-order valence-electron chi connectivity index (χ3n) is 3.44. The minimum Gasteiger partial charge on any atom is -0.380 e. The molecular weight excluding hydrogens is 252 g/mol. The number of hydrogen-bond donors (Lipinski definition) is 1. The molecule has 0 radical (unpaired) electrons. The van der Waals surface area contributed by atoms with Crippen molar-refractivity contribution in [3.63, 3.8) is 0 Å². The van der Waals surface area contributed by atoms with Crippen LogP contribution in [0.3, 0.4) is 0 Å². The van der Waals surface area contributed by atoms with Gasteiger partial charge < -0.3 is 15.4 Å². The number of halogens is 1. The van der Waals surface area contributed by atoms with E-state index in [1.807, 2.05) is 4.90 Å². The van der Waals surface area contributed by atoms with Crippen LogP contribution in [-0.4, -0.2) is 43.7 Å². The van der Waals surface area contributed by atoms with E-state index in [-0.39, 0.29) is 24.4 Å². The van der Waals surface area contributed by atoms with Crippen molar-refractivity contribution in [1.29, 1.82) is 0 Å².